The van der Waals surface area contributed by atoms with Crippen LogP contribution >= 0.6 is 0 Å². The Morgan fingerprint density at radius 2 is 1.85 bits per heavy atom. The van der Waals surface area contributed by atoms with E-state index < -0.39 is 0 Å². The first-order valence-electron chi connectivity index (χ1n) is 9.66. The molecular weight excluding hydrogens is 336 g/mol. The van der Waals surface area contributed by atoms with Crippen LogP contribution < -0.4 is 5.73 Å². The molecule has 0 saturated carbocycles. The predicted octanol–water partition coefficient (Wildman–Crippen LogP) is 3.47. The first-order chi connectivity index (χ1) is 13.3. The van der Waals surface area contributed by atoms with Crippen molar-refractivity contribution >= 4 is 0 Å². The Morgan fingerprint density at radius 3 is 2.56 bits per heavy atom. The SMILES string of the molecule is CCc1ccc(-c2noc(CN3C[C@@H](CN)[C@H](c4ccccc4)C3)n2)cc1. The molecule has 1 aromatic heterocycles. The van der Waals surface area contributed by atoms with Crippen LogP contribution in [0.2, 0.25) is 0 Å². The molecule has 1 aliphatic heterocycles. The van der Waals surface area contributed by atoms with Crippen molar-refractivity contribution in [1.82, 2.24) is 15.0 Å². The molecular formula is C22H26N4O. The van der Waals surface area contributed by atoms with Crippen molar-refractivity contribution in [3.8, 4) is 11.4 Å². The van der Waals surface area contributed by atoms with E-state index in [4.69, 9.17) is 10.3 Å². The normalized spacial score (nSPS) is 20.2. The highest BCUT2D eigenvalue weighted by molar-refractivity contribution is 5.54. The number of aryl methyl sites for hydroxylation is 1. The van der Waals surface area contributed by atoms with Gasteiger partial charge in [0.15, 0.2) is 0 Å². The van der Waals surface area contributed by atoms with E-state index in [1.165, 1.54) is 11.1 Å². The molecule has 5 heteroatoms. The van der Waals surface area contributed by atoms with Crippen molar-refractivity contribution in [3.63, 3.8) is 0 Å². The van der Waals surface area contributed by atoms with Crippen LogP contribution in [0.5, 0.6) is 0 Å². The molecule has 5 nitrogen and oxygen atoms in total. The summed E-state index contributed by atoms with van der Waals surface area (Å²) in [5, 5.41) is 4.16. The van der Waals surface area contributed by atoms with E-state index in [-0.39, 0.29) is 0 Å². The van der Waals surface area contributed by atoms with Crippen LogP contribution in [0.3, 0.4) is 0 Å². The van der Waals surface area contributed by atoms with Crippen molar-refractivity contribution in [1.29, 1.82) is 0 Å². The van der Waals surface area contributed by atoms with Crippen LogP contribution in [0, 0.1) is 5.92 Å². The molecule has 1 aliphatic rings. The highest BCUT2D eigenvalue weighted by Crippen LogP contribution is 2.32. The topological polar surface area (TPSA) is 68.2 Å². The summed E-state index contributed by atoms with van der Waals surface area (Å²) < 4.78 is 5.51. The fourth-order valence-corrected chi connectivity index (χ4v) is 3.92. The summed E-state index contributed by atoms with van der Waals surface area (Å²) in [5.74, 6) is 2.23. The van der Waals surface area contributed by atoms with E-state index in [2.05, 4.69) is 76.6 Å². The lowest BCUT2D eigenvalue weighted by Crippen LogP contribution is -2.23. The van der Waals surface area contributed by atoms with Gasteiger partial charge in [0.2, 0.25) is 11.7 Å². The number of nitrogens with two attached hydrogens (primary N) is 1. The van der Waals surface area contributed by atoms with Gasteiger partial charge in [-0.15, -0.1) is 0 Å². The van der Waals surface area contributed by atoms with Gasteiger partial charge in [0.1, 0.15) is 0 Å². The third kappa shape index (κ3) is 3.94. The molecule has 0 amide bonds. The van der Waals surface area contributed by atoms with Crippen LogP contribution in [0.4, 0.5) is 0 Å². The van der Waals surface area contributed by atoms with Crippen LogP contribution in [0.1, 0.15) is 29.9 Å². The third-order valence-corrected chi connectivity index (χ3v) is 5.49. The van der Waals surface area contributed by atoms with Gasteiger partial charge in [-0.05, 0) is 30.0 Å². The van der Waals surface area contributed by atoms with Crippen molar-refractivity contribution in [2.45, 2.75) is 25.8 Å². The second-order valence-corrected chi connectivity index (χ2v) is 7.27. The number of likely N-dealkylation sites (tertiary alicyclic amines) is 1. The number of hydrogen-bond acceptors (Lipinski definition) is 5. The molecule has 3 aromatic rings. The maximum absolute atomic E-state index is 6.04. The largest absolute Gasteiger partial charge is 0.338 e. The van der Waals surface area contributed by atoms with E-state index in [0.29, 0.717) is 36.6 Å². The van der Waals surface area contributed by atoms with E-state index in [1.54, 1.807) is 0 Å². The second-order valence-electron chi connectivity index (χ2n) is 7.27. The Hall–Kier alpha value is -2.50. The molecule has 0 spiro atoms. The minimum atomic E-state index is 0.455. The van der Waals surface area contributed by atoms with E-state index >= 15 is 0 Å². The average molecular weight is 362 g/mol. The monoisotopic (exact) mass is 362 g/mol. The second kappa shape index (κ2) is 8.03. The Labute approximate surface area is 160 Å². The number of rotatable bonds is 6. The number of aromatic nitrogens is 2. The molecule has 27 heavy (non-hydrogen) atoms. The Balaban J connectivity index is 1.44. The van der Waals surface area contributed by atoms with Gasteiger partial charge in [-0.1, -0.05) is 66.7 Å². The van der Waals surface area contributed by atoms with Crippen LogP contribution in [0.15, 0.2) is 59.1 Å². The van der Waals surface area contributed by atoms with E-state index in [9.17, 15) is 0 Å². The van der Waals surface area contributed by atoms with Gasteiger partial charge in [0, 0.05) is 24.6 Å². The lowest BCUT2D eigenvalue weighted by Gasteiger charge is -2.16. The maximum atomic E-state index is 6.04. The molecule has 1 saturated heterocycles. The van der Waals surface area contributed by atoms with Gasteiger partial charge in [-0.25, -0.2) is 0 Å². The van der Waals surface area contributed by atoms with Gasteiger partial charge in [0.05, 0.1) is 6.54 Å². The van der Waals surface area contributed by atoms with Crippen LogP contribution in [-0.4, -0.2) is 34.7 Å². The molecule has 4 rings (SSSR count). The Kier molecular flexibility index (Phi) is 5.32. The average Bonchev–Trinajstić information content (AvgIpc) is 3.36. The molecule has 0 bridgehead atoms. The van der Waals surface area contributed by atoms with Crippen LogP contribution in [-0.2, 0) is 13.0 Å². The summed E-state index contributed by atoms with van der Waals surface area (Å²) >= 11 is 0. The minimum absolute atomic E-state index is 0.455. The molecule has 1 fully saturated rings. The summed E-state index contributed by atoms with van der Waals surface area (Å²) in [6.45, 7) is 5.43. The molecule has 140 valence electrons. The number of hydrogen-bond donors (Lipinski definition) is 1. The summed E-state index contributed by atoms with van der Waals surface area (Å²) in [4.78, 5) is 6.97. The van der Waals surface area contributed by atoms with Crippen molar-refractivity contribution in [2.75, 3.05) is 19.6 Å². The molecule has 0 radical (unpaired) electrons. The summed E-state index contributed by atoms with van der Waals surface area (Å²) in [5.41, 5.74) is 9.70. The van der Waals surface area contributed by atoms with Crippen molar-refractivity contribution in [3.05, 3.63) is 71.6 Å². The van der Waals surface area contributed by atoms with Crippen LogP contribution in [0.25, 0.3) is 11.4 Å². The van der Waals surface area contributed by atoms with E-state index in [0.717, 1.165) is 25.1 Å². The van der Waals surface area contributed by atoms with Gasteiger partial charge >= 0.3 is 0 Å². The highest BCUT2D eigenvalue weighted by Gasteiger charge is 2.33. The quantitative estimate of drug-likeness (QED) is 0.727. The van der Waals surface area contributed by atoms with E-state index in [1.807, 2.05) is 0 Å². The van der Waals surface area contributed by atoms with Gasteiger partial charge < -0.3 is 10.3 Å². The molecule has 2 heterocycles. The lowest BCUT2D eigenvalue weighted by molar-refractivity contribution is 0.260. The summed E-state index contributed by atoms with van der Waals surface area (Å²) in [7, 11) is 0. The van der Waals surface area contributed by atoms with Crippen molar-refractivity contribution < 1.29 is 4.52 Å². The third-order valence-electron chi connectivity index (χ3n) is 5.49. The number of nitrogens with zero attached hydrogens (tertiary/aromatic N) is 3. The number of benzene rings is 2. The lowest BCUT2D eigenvalue weighted by atomic mass is 9.89. The highest BCUT2D eigenvalue weighted by atomic mass is 16.5. The Bertz CT molecular complexity index is 860. The Morgan fingerprint density at radius 1 is 1.07 bits per heavy atom. The zero-order chi connectivity index (χ0) is 18.6. The smallest absolute Gasteiger partial charge is 0.241 e. The molecule has 2 aromatic carbocycles. The standard InChI is InChI=1S/C22H26N4O/c1-2-16-8-10-18(11-9-16)22-24-21(27-25-22)15-26-13-19(12-23)20(14-26)17-6-4-3-5-7-17/h3-11,19-20H,2,12-15,23H2,1H3/t19-,20+/m1/s1. The molecule has 0 aliphatic carbocycles. The summed E-state index contributed by atoms with van der Waals surface area (Å²) in [6, 6.07) is 19.0. The minimum Gasteiger partial charge on any atom is -0.338 e. The first-order valence-corrected chi connectivity index (χ1v) is 9.66. The summed E-state index contributed by atoms with van der Waals surface area (Å²) in [6.07, 6.45) is 1.03. The molecule has 2 atom stereocenters. The fraction of sp³-hybridized carbons (Fsp3) is 0.364. The molecule has 0 unspecified atom stereocenters. The van der Waals surface area contributed by atoms with Gasteiger partial charge in [0.25, 0.3) is 0 Å². The molecule has 2 N–H and O–H groups in total. The maximum Gasteiger partial charge on any atom is 0.241 e. The van der Waals surface area contributed by atoms with Crippen molar-refractivity contribution in [2.24, 2.45) is 11.7 Å². The first kappa shape index (κ1) is 17.9. The van der Waals surface area contributed by atoms with Gasteiger partial charge in [-0.2, -0.15) is 4.98 Å². The fourth-order valence-electron chi connectivity index (χ4n) is 3.92. The zero-order valence-corrected chi connectivity index (χ0v) is 15.7. The zero-order valence-electron chi connectivity index (χ0n) is 15.7. The van der Waals surface area contributed by atoms with Gasteiger partial charge in [-0.3, -0.25) is 4.90 Å². The predicted molar refractivity (Wildman–Crippen MR) is 106 cm³/mol.